The highest BCUT2D eigenvalue weighted by atomic mass is 35.5. The Hall–Kier alpha value is -1.98. The number of hydrazone groups is 1. The average Bonchev–Trinajstić information content (AvgIpc) is 2.62. The molecule has 0 aliphatic heterocycles. The number of rotatable bonds is 5. The van der Waals surface area contributed by atoms with Crippen molar-refractivity contribution in [3.8, 4) is 0 Å². The van der Waals surface area contributed by atoms with Gasteiger partial charge in [-0.3, -0.25) is 0 Å². The quantitative estimate of drug-likeness (QED) is 0.286. The summed E-state index contributed by atoms with van der Waals surface area (Å²) < 4.78 is 5.76. The van der Waals surface area contributed by atoms with Crippen molar-refractivity contribution in [2.75, 3.05) is 12.9 Å². The molecule has 0 spiro atoms. The van der Waals surface area contributed by atoms with Crippen LogP contribution in [0.1, 0.15) is 23.6 Å². The molecule has 0 saturated carbocycles. The van der Waals surface area contributed by atoms with Gasteiger partial charge in [0.25, 0.3) is 5.71 Å². The highest BCUT2D eigenvalue weighted by Gasteiger charge is 2.25. The van der Waals surface area contributed by atoms with Crippen molar-refractivity contribution in [3.63, 3.8) is 0 Å². The number of methoxy groups -OCH3 is 1. The molecule has 24 heavy (non-hydrogen) atoms. The molecule has 4 nitrogen and oxygen atoms in total. The van der Waals surface area contributed by atoms with E-state index in [9.17, 15) is 4.79 Å². The topological polar surface area (TPSA) is 55.3 Å². The van der Waals surface area contributed by atoms with Crippen LogP contribution in [0.15, 0.2) is 48.5 Å². The van der Waals surface area contributed by atoms with Gasteiger partial charge >= 0.3 is 6.09 Å². The van der Waals surface area contributed by atoms with E-state index in [1.54, 1.807) is 12.1 Å². The van der Waals surface area contributed by atoms with Gasteiger partial charge in [-0.05, 0) is 52.4 Å². The second kappa shape index (κ2) is 8.76. The van der Waals surface area contributed by atoms with E-state index in [0.29, 0.717) is 10.7 Å². The van der Waals surface area contributed by atoms with Crippen molar-refractivity contribution in [3.05, 3.63) is 70.2 Å². The van der Waals surface area contributed by atoms with Gasteiger partial charge in [-0.15, -0.1) is 0 Å². The zero-order valence-electron chi connectivity index (χ0n) is 13.7. The monoisotopic (exact) mass is 363 g/mol. The molecular weight excluding hydrogens is 344 g/mol. The van der Waals surface area contributed by atoms with Gasteiger partial charge < -0.3 is 4.74 Å². The molecule has 2 aromatic rings. The molecule has 0 aromatic heterocycles. The first-order valence-electron chi connectivity index (χ1n) is 7.49. The fourth-order valence-corrected chi connectivity index (χ4v) is 2.98. The maximum atomic E-state index is 11.9. The Kier molecular flexibility index (Phi) is 6.70. The lowest BCUT2D eigenvalue weighted by Gasteiger charge is -2.06. The molecule has 6 heteroatoms. The highest BCUT2D eigenvalue weighted by molar-refractivity contribution is 7.98. The predicted molar refractivity (Wildman–Crippen MR) is 99.8 cm³/mol. The van der Waals surface area contributed by atoms with E-state index >= 15 is 0 Å². The Morgan fingerprint density at radius 1 is 1.12 bits per heavy atom. The van der Waals surface area contributed by atoms with Crippen molar-refractivity contribution < 1.29 is 14.2 Å². The second-order valence-corrected chi connectivity index (χ2v) is 6.74. The van der Waals surface area contributed by atoms with Gasteiger partial charge in [-0.25, -0.2) is 0 Å². The van der Waals surface area contributed by atoms with Crippen LogP contribution >= 0.6 is 23.4 Å². The summed E-state index contributed by atoms with van der Waals surface area (Å²) in [6, 6.07) is 15.2. The number of halogens is 1. The fraction of sp³-hybridized carbons (Fsp3) is 0.222. The lowest BCUT2D eigenvalue weighted by molar-refractivity contribution is -0.455. The summed E-state index contributed by atoms with van der Waals surface area (Å²) in [5.74, 6) is 8.00. The molecule has 0 saturated heterocycles. The number of thioether (sulfide) groups is 1. The molecule has 0 radical (unpaired) electrons. The van der Waals surface area contributed by atoms with Gasteiger partial charge in [0.15, 0.2) is 0 Å². The van der Waals surface area contributed by atoms with Gasteiger partial charge in [-0.1, -0.05) is 30.7 Å². The number of carbonyl (C=O) groups excluding carboxylic acids is 1. The standard InChI is InChI=1S/C18H20ClN2O2S/c1-3-24-12-13-4-6-14(7-5-13)17(21(20)18(22)23-2)15-8-10-16(19)11-9-15/h4-11H,3,12,20H2,1-2H3/q+1. The minimum atomic E-state index is -0.634. The average molecular weight is 364 g/mol. The molecule has 2 aromatic carbocycles. The maximum absolute atomic E-state index is 11.9. The summed E-state index contributed by atoms with van der Waals surface area (Å²) in [7, 11) is 1.30. The van der Waals surface area contributed by atoms with Crippen LogP contribution in [-0.4, -0.2) is 29.4 Å². The smallest absolute Gasteiger partial charge is 0.413 e. The van der Waals surface area contributed by atoms with Crippen LogP contribution in [-0.2, 0) is 10.5 Å². The van der Waals surface area contributed by atoms with Gasteiger partial charge in [0.2, 0.25) is 0 Å². The summed E-state index contributed by atoms with van der Waals surface area (Å²) in [5, 5.41) is 0.617. The van der Waals surface area contributed by atoms with E-state index in [4.69, 9.17) is 22.2 Å². The summed E-state index contributed by atoms with van der Waals surface area (Å²) in [4.78, 5) is 11.9. The zero-order chi connectivity index (χ0) is 17.5. The Bertz CT molecular complexity index is 728. The third-order valence-electron chi connectivity index (χ3n) is 3.43. The van der Waals surface area contributed by atoms with Crippen molar-refractivity contribution in [1.29, 1.82) is 0 Å². The number of nitrogens with two attached hydrogens (primary N) is 1. The summed E-state index contributed by atoms with van der Waals surface area (Å²) in [5.41, 5.74) is 3.40. The number of hydrogen-bond donors (Lipinski definition) is 1. The molecule has 0 aliphatic carbocycles. The normalized spacial score (nSPS) is 11.8. The molecule has 0 heterocycles. The Labute approximate surface area is 151 Å². The first-order valence-corrected chi connectivity index (χ1v) is 9.02. The number of hydrogen-bond acceptors (Lipinski definition) is 4. The first kappa shape index (κ1) is 18.4. The third-order valence-corrected chi connectivity index (χ3v) is 4.63. The highest BCUT2D eigenvalue weighted by Crippen LogP contribution is 2.17. The summed E-state index contributed by atoms with van der Waals surface area (Å²) >= 11 is 7.81. The van der Waals surface area contributed by atoms with Crippen LogP contribution in [0, 0.1) is 0 Å². The number of benzene rings is 2. The molecule has 126 valence electrons. The van der Waals surface area contributed by atoms with Crippen molar-refractivity contribution in [2.45, 2.75) is 12.7 Å². The Morgan fingerprint density at radius 2 is 1.67 bits per heavy atom. The molecule has 0 bridgehead atoms. The predicted octanol–water partition coefficient (Wildman–Crippen LogP) is 4.08. The SMILES string of the molecule is CCSCc1ccc(C(c2ccc(Cl)cc2)=[N+](N)C(=O)OC)cc1. The van der Waals surface area contributed by atoms with Crippen molar-refractivity contribution in [2.24, 2.45) is 5.84 Å². The molecular formula is C18H20ClN2O2S+. The molecule has 2 rings (SSSR count). The van der Waals surface area contributed by atoms with Crippen LogP contribution in [0.5, 0.6) is 0 Å². The molecule has 0 aliphatic rings. The van der Waals surface area contributed by atoms with Crippen LogP contribution < -0.4 is 5.84 Å². The lowest BCUT2D eigenvalue weighted by atomic mass is 10.0. The Morgan fingerprint density at radius 3 is 2.17 bits per heavy atom. The summed E-state index contributed by atoms with van der Waals surface area (Å²) in [6.45, 7) is 2.13. The van der Waals surface area contributed by atoms with Crippen LogP contribution in [0.4, 0.5) is 4.79 Å². The molecule has 0 fully saturated rings. The number of ether oxygens (including phenoxy) is 1. The number of carbonyl (C=O) groups is 1. The fourth-order valence-electron chi connectivity index (χ4n) is 2.22. The maximum Gasteiger partial charge on any atom is 0.626 e. The van der Waals surface area contributed by atoms with Crippen LogP contribution in [0.2, 0.25) is 5.02 Å². The largest absolute Gasteiger partial charge is 0.626 e. The van der Waals surface area contributed by atoms with Crippen LogP contribution in [0.25, 0.3) is 0 Å². The van der Waals surface area contributed by atoms with Gasteiger partial charge in [-0.2, -0.15) is 22.4 Å². The van der Waals surface area contributed by atoms with Crippen molar-refractivity contribution >= 4 is 35.2 Å². The van der Waals surface area contributed by atoms with E-state index in [0.717, 1.165) is 27.3 Å². The number of nitrogens with zero attached hydrogens (tertiary/aromatic N) is 1. The van der Waals surface area contributed by atoms with E-state index in [2.05, 4.69) is 6.92 Å². The lowest BCUT2D eigenvalue weighted by Crippen LogP contribution is -2.34. The first-order chi connectivity index (χ1) is 11.6. The van der Waals surface area contributed by atoms with Crippen molar-refractivity contribution in [1.82, 2.24) is 0 Å². The van der Waals surface area contributed by atoms with Gasteiger partial charge in [0.05, 0.1) is 12.7 Å². The van der Waals surface area contributed by atoms with E-state index < -0.39 is 6.09 Å². The minimum Gasteiger partial charge on any atom is -0.413 e. The number of amides is 1. The molecule has 0 atom stereocenters. The third kappa shape index (κ3) is 4.52. The summed E-state index contributed by atoms with van der Waals surface area (Å²) in [6.07, 6.45) is -0.634. The van der Waals surface area contributed by atoms with Gasteiger partial charge in [0.1, 0.15) is 0 Å². The molecule has 2 N–H and O–H groups in total. The molecule has 1 amide bonds. The van der Waals surface area contributed by atoms with E-state index in [-0.39, 0.29) is 0 Å². The van der Waals surface area contributed by atoms with Gasteiger partial charge in [0, 0.05) is 16.3 Å². The number of hydrazine groups is 1. The van der Waals surface area contributed by atoms with Crippen LogP contribution in [0.3, 0.4) is 0 Å². The Balaban J connectivity index is 2.46. The van der Waals surface area contributed by atoms with E-state index in [1.807, 2.05) is 48.2 Å². The minimum absolute atomic E-state index is 0.563. The molecule has 0 unspecified atom stereocenters. The second-order valence-electron chi connectivity index (χ2n) is 5.03. The van der Waals surface area contributed by atoms with E-state index in [1.165, 1.54) is 12.7 Å². The zero-order valence-corrected chi connectivity index (χ0v) is 15.2.